The van der Waals surface area contributed by atoms with Gasteiger partial charge in [0, 0.05) is 12.1 Å². The van der Waals surface area contributed by atoms with Crippen molar-refractivity contribution in [1.82, 2.24) is 15.1 Å². The molecule has 4 nitrogen and oxygen atoms in total. The fraction of sp³-hybridized carbons (Fsp3) is 0.600. The molecule has 1 aliphatic carbocycles. The molecule has 2 aliphatic heterocycles. The fourth-order valence-electron chi connectivity index (χ4n) is 4.66. The summed E-state index contributed by atoms with van der Waals surface area (Å²) in [6, 6.07) is 10.9. The molecule has 134 valence electrons. The third-order valence-corrected chi connectivity index (χ3v) is 6.39. The van der Waals surface area contributed by atoms with Crippen molar-refractivity contribution in [3.63, 3.8) is 0 Å². The smallest absolute Gasteiger partial charge is 0.234 e. The first-order chi connectivity index (χ1) is 12.2. The lowest BCUT2D eigenvalue weighted by molar-refractivity contribution is -0.136. The van der Waals surface area contributed by atoms with Gasteiger partial charge in [-0.25, -0.2) is 0 Å². The Kier molecular flexibility index (Phi) is 5.04. The summed E-state index contributed by atoms with van der Waals surface area (Å²) >= 11 is 5.51. The molecule has 3 unspecified atom stereocenters. The lowest BCUT2D eigenvalue weighted by atomic mass is 9.78. The number of nitrogens with zero attached hydrogens (tertiary/aromatic N) is 2. The molecule has 2 heterocycles. The third-order valence-electron chi connectivity index (χ3n) is 6.05. The Morgan fingerprint density at radius 1 is 1.08 bits per heavy atom. The standard InChI is InChI=1S/C20H27N3OS/c24-19-17-13-16(22-11-5-2-6-12-22)9-10-18(17)21-20(25)23(19)14-15-7-3-1-4-8-15/h1,3-4,7-8,16-18H,2,5-6,9-14H2,(H,21,25). The first kappa shape index (κ1) is 17.0. The minimum atomic E-state index is 0.0658. The maximum absolute atomic E-state index is 13.2. The van der Waals surface area contributed by atoms with E-state index in [0.29, 0.717) is 17.7 Å². The summed E-state index contributed by atoms with van der Waals surface area (Å²) in [6.07, 6.45) is 7.18. The van der Waals surface area contributed by atoms with Crippen LogP contribution in [0, 0.1) is 5.92 Å². The van der Waals surface area contributed by atoms with E-state index >= 15 is 0 Å². The average Bonchev–Trinajstić information content (AvgIpc) is 2.66. The number of carbonyl (C=O) groups excluding carboxylic acids is 1. The van der Waals surface area contributed by atoms with Gasteiger partial charge in [-0.15, -0.1) is 0 Å². The van der Waals surface area contributed by atoms with Crippen LogP contribution in [0.25, 0.3) is 0 Å². The number of fused-ring (bicyclic) bond motifs is 1. The van der Waals surface area contributed by atoms with Crippen molar-refractivity contribution < 1.29 is 4.79 Å². The molecule has 0 spiro atoms. The number of nitrogens with one attached hydrogen (secondary N) is 1. The molecule has 5 heteroatoms. The number of amides is 1. The summed E-state index contributed by atoms with van der Waals surface area (Å²) in [6.45, 7) is 2.98. The Bertz CT molecular complexity index is 629. The Labute approximate surface area is 155 Å². The Morgan fingerprint density at radius 3 is 2.60 bits per heavy atom. The van der Waals surface area contributed by atoms with E-state index in [9.17, 15) is 4.79 Å². The van der Waals surface area contributed by atoms with E-state index in [1.165, 1.54) is 38.8 Å². The summed E-state index contributed by atoms with van der Waals surface area (Å²) in [5, 5.41) is 4.06. The zero-order valence-electron chi connectivity index (χ0n) is 14.7. The molecule has 2 saturated heterocycles. The summed E-state index contributed by atoms with van der Waals surface area (Å²) in [5.74, 6) is 0.287. The summed E-state index contributed by atoms with van der Waals surface area (Å²) in [5.41, 5.74) is 1.13. The minimum absolute atomic E-state index is 0.0658. The van der Waals surface area contributed by atoms with Gasteiger partial charge in [-0.2, -0.15) is 0 Å². The minimum Gasteiger partial charge on any atom is -0.359 e. The summed E-state index contributed by atoms with van der Waals surface area (Å²) in [4.78, 5) is 17.6. The number of likely N-dealkylation sites (tertiary alicyclic amines) is 1. The molecule has 25 heavy (non-hydrogen) atoms. The monoisotopic (exact) mass is 357 g/mol. The van der Waals surface area contributed by atoms with Gasteiger partial charge >= 0.3 is 0 Å². The maximum atomic E-state index is 13.2. The van der Waals surface area contributed by atoms with Crippen molar-refractivity contribution >= 4 is 23.2 Å². The van der Waals surface area contributed by atoms with Crippen LogP contribution in [0.2, 0.25) is 0 Å². The van der Waals surface area contributed by atoms with E-state index in [0.717, 1.165) is 18.4 Å². The SMILES string of the molecule is O=C1C2CC(N3CCCCC3)CCC2NC(=S)N1Cc1ccccc1. The zero-order chi connectivity index (χ0) is 17.2. The number of rotatable bonds is 3. The molecule has 3 fully saturated rings. The van der Waals surface area contributed by atoms with Crippen LogP contribution in [0.3, 0.4) is 0 Å². The predicted molar refractivity (Wildman–Crippen MR) is 103 cm³/mol. The van der Waals surface area contributed by atoms with Crippen molar-refractivity contribution in [2.75, 3.05) is 13.1 Å². The first-order valence-corrected chi connectivity index (χ1v) is 10.0. The lowest BCUT2D eigenvalue weighted by Crippen LogP contribution is -2.62. The second-order valence-corrected chi connectivity index (χ2v) is 8.02. The second-order valence-electron chi connectivity index (χ2n) is 7.64. The fourth-order valence-corrected chi connectivity index (χ4v) is 4.97. The molecule has 0 bridgehead atoms. The lowest BCUT2D eigenvalue weighted by Gasteiger charge is -2.46. The molecular formula is C20H27N3OS. The number of hydrogen-bond acceptors (Lipinski definition) is 3. The number of thiocarbonyl (C=S) groups is 1. The van der Waals surface area contributed by atoms with Gasteiger partial charge in [-0.3, -0.25) is 9.69 Å². The quantitative estimate of drug-likeness (QED) is 0.844. The highest BCUT2D eigenvalue weighted by atomic mass is 32.1. The molecule has 0 radical (unpaired) electrons. The number of hydrogen-bond donors (Lipinski definition) is 1. The van der Waals surface area contributed by atoms with Crippen molar-refractivity contribution in [1.29, 1.82) is 0 Å². The highest BCUT2D eigenvalue weighted by Gasteiger charge is 2.43. The molecular weight excluding hydrogens is 330 g/mol. The van der Waals surface area contributed by atoms with Crippen LogP contribution in [-0.4, -0.2) is 46.0 Å². The molecule has 3 atom stereocenters. The van der Waals surface area contributed by atoms with Gasteiger partial charge in [-0.05, 0) is 63.0 Å². The molecule has 1 N–H and O–H groups in total. The zero-order valence-corrected chi connectivity index (χ0v) is 15.5. The van der Waals surface area contributed by atoms with E-state index in [-0.39, 0.29) is 17.9 Å². The molecule has 1 saturated carbocycles. The van der Waals surface area contributed by atoms with Crippen LogP contribution in [0.5, 0.6) is 0 Å². The predicted octanol–water partition coefficient (Wildman–Crippen LogP) is 2.93. The number of carbonyl (C=O) groups is 1. The van der Waals surface area contributed by atoms with E-state index in [4.69, 9.17) is 12.2 Å². The molecule has 1 amide bonds. The Morgan fingerprint density at radius 2 is 1.84 bits per heavy atom. The van der Waals surface area contributed by atoms with Crippen LogP contribution in [0.1, 0.15) is 44.1 Å². The van der Waals surface area contributed by atoms with Crippen LogP contribution in [0.15, 0.2) is 30.3 Å². The number of piperidine rings is 1. The largest absolute Gasteiger partial charge is 0.359 e. The highest BCUT2D eigenvalue weighted by molar-refractivity contribution is 7.80. The second kappa shape index (κ2) is 7.42. The topological polar surface area (TPSA) is 35.6 Å². The summed E-state index contributed by atoms with van der Waals surface area (Å²) < 4.78 is 0. The molecule has 1 aromatic carbocycles. The number of benzene rings is 1. The van der Waals surface area contributed by atoms with E-state index in [2.05, 4.69) is 22.3 Å². The average molecular weight is 358 g/mol. The molecule has 3 aliphatic rings. The molecule has 1 aromatic rings. The highest BCUT2D eigenvalue weighted by Crippen LogP contribution is 2.33. The van der Waals surface area contributed by atoms with Crippen LogP contribution < -0.4 is 5.32 Å². The maximum Gasteiger partial charge on any atom is 0.234 e. The van der Waals surface area contributed by atoms with Gasteiger partial charge in [0.15, 0.2) is 5.11 Å². The van der Waals surface area contributed by atoms with Crippen molar-refractivity contribution in [2.45, 2.75) is 57.2 Å². The van der Waals surface area contributed by atoms with Gasteiger partial charge < -0.3 is 10.2 Å². The van der Waals surface area contributed by atoms with Gasteiger partial charge in [0.05, 0.1) is 12.5 Å². The van der Waals surface area contributed by atoms with Crippen molar-refractivity contribution in [3.05, 3.63) is 35.9 Å². The van der Waals surface area contributed by atoms with Crippen molar-refractivity contribution in [2.24, 2.45) is 5.92 Å². The van der Waals surface area contributed by atoms with Gasteiger partial charge in [0.25, 0.3) is 0 Å². The van der Waals surface area contributed by atoms with Gasteiger partial charge in [0.1, 0.15) is 0 Å². The Balaban J connectivity index is 1.46. The van der Waals surface area contributed by atoms with E-state index in [1.54, 1.807) is 4.90 Å². The molecule has 0 aromatic heterocycles. The van der Waals surface area contributed by atoms with Crippen molar-refractivity contribution in [3.8, 4) is 0 Å². The van der Waals surface area contributed by atoms with E-state index in [1.807, 2.05) is 18.2 Å². The van der Waals surface area contributed by atoms with Crippen LogP contribution in [0.4, 0.5) is 0 Å². The van der Waals surface area contributed by atoms with Crippen LogP contribution >= 0.6 is 12.2 Å². The molecule has 4 rings (SSSR count). The normalized spacial score (nSPS) is 30.7. The first-order valence-electron chi connectivity index (χ1n) is 9.62. The summed E-state index contributed by atoms with van der Waals surface area (Å²) in [7, 11) is 0. The van der Waals surface area contributed by atoms with Crippen LogP contribution in [-0.2, 0) is 11.3 Å². The Hall–Kier alpha value is -1.46. The van der Waals surface area contributed by atoms with Gasteiger partial charge in [0.2, 0.25) is 5.91 Å². The van der Waals surface area contributed by atoms with Gasteiger partial charge in [-0.1, -0.05) is 36.8 Å². The third kappa shape index (κ3) is 3.58. The van der Waals surface area contributed by atoms with E-state index < -0.39 is 0 Å².